The Hall–Kier alpha value is -2.41. The average Bonchev–Trinajstić information content (AvgIpc) is 2.67. The number of benzene rings is 3. The van der Waals surface area contributed by atoms with Crippen molar-refractivity contribution in [2.45, 2.75) is 6.61 Å². The molecule has 0 radical (unpaired) electrons. The molecule has 0 aliphatic carbocycles. The fourth-order valence-corrected chi connectivity index (χ4v) is 3.21. The van der Waals surface area contributed by atoms with Crippen molar-refractivity contribution in [2.24, 2.45) is 4.99 Å². The number of non-ortho nitro benzene ring substituents is 1. The molecule has 0 aromatic heterocycles. The van der Waals surface area contributed by atoms with Crippen LogP contribution in [0.25, 0.3) is 0 Å². The molecule has 0 aliphatic heterocycles. The number of nitrogens with zero attached hydrogens (tertiary/aromatic N) is 2. The Morgan fingerprint density at radius 3 is 2.21 bits per heavy atom. The minimum absolute atomic E-state index is 0.0114. The van der Waals surface area contributed by atoms with Crippen LogP contribution < -0.4 is 4.74 Å². The number of ether oxygens (including phenoxy) is 1. The fraction of sp³-hybridized carbons (Fsp3) is 0.0500. The Kier molecular flexibility index (Phi) is 6.67. The lowest BCUT2D eigenvalue weighted by Crippen LogP contribution is -1.97. The number of hydrogen-bond donors (Lipinski definition) is 0. The van der Waals surface area contributed by atoms with E-state index in [1.807, 2.05) is 24.3 Å². The summed E-state index contributed by atoms with van der Waals surface area (Å²) in [6.45, 7) is 0.336. The predicted octanol–water partition coefficient (Wildman–Crippen LogP) is 6.99. The van der Waals surface area contributed by atoms with Crippen molar-refractivity contribution in [3.8, 4) is 5.75 Å². The predicted molar refractivity (Wildman–Crippen MR) is 115 cm³/mol. The molecule has 142 valence electrons. The highest BCUT2D eigenvalue weighted by Gasteiger charge is 2.10. The molecule has 0 unspecified atom stereocenters. The maximum atomic E-state index is 10.7. The molecule has 0 saturated carbocycles. The molecule has 28 heavy (non-hydrogen) atoms. The summed E-state index contributed by atoms with van der Waals surface area (Å²) in [5.41, 5.74) is 2.26. The molecule has 0 atom stereocenters. The number of nitro groups is 1. The Morgan fingerprint density at radius 1 is 1.04 bits per heavy atom. The second kappa shape index (κ2) is 9.19. The molecule has 0 aliphatic rings. The summed E-state index contributed by atoms with van der Waals surface area (Å²) in [7, 11) is 0. The van der Waals surface area contributed by atoms with E-state index in [1.165, 1.54) is 12.1 Å². The highest BCUT2D eigenvalue weighted by molar-refractivity contribution is 9.10. The number of rotatable bonds is 6. The minimum Gasteiger partial charge on any atom is -0.486 e. The van der Waals surface area contributed by atoms with Gasteiger partial charge in [0.2, 0.25) is 0 Å². The third-order valence-corrected chi connectivity index (χ3v) is 4.83. The van der Waals surface area contributed by atoms with E-state index in [0.717, 1.165) is 10.0 Å². The number of halogens is 3. The van der Waals surface area contributed by atoms with Crippen LogP contribution >= 0.6 is 39.1 Å². The quantitative estimate of drug-likeness (QED) is 0.217. The Bertz CT molecular complexity index is 1000. The van der Waals surface area contributed by atoms with Crippen LogP contribution in [0.15, 0.2) is 70.1 Å². The van der Waals surface area contributed by atoms with Crippen LogP contribution in [0, 0.1) is 10.1 Å². The van der Waals surface area contributed by atoms with E-state index < -0.39 is 4.92 Å². The first-order chi connectivity index (χ1) is 13.4. The van der Waals surface area contributed by atoms with Crippen LogP contribution in [0.3, 0.4) is 0 Å². The average molecular weight is 480 g/mol. The smallest absolute Gasteiger partial charge is 0.269 e. The number of hydrogen-bond acceptors (Lipinski definition) is 4. The maximum absolute atomic E-state index is 10.7. The fourth-order valence-electron chi connectivity index (χ4n) is 2.34. The lowest BCUT2D eigenvalue weighted by atomic mass is 10.2. The second-order valence-electron chi connectivity index (χ2n) is 5.76. The van der Waals surface area contributed by atoms with Crippen LogP contribution in [-0.2, 0) is 6.61 Å². The molecule has 3 aromatic carbocycles. The SMILES string of the molecule is O=[N+]([O-])c1ccc(N=Cc2cc(Cl)c(OCc3ccc(Br)cc3)c(Cl)c2)cc1. The Morgan fingerprint density at radius 2 is 1.64 bits per heavy atom. The molecule has 0 N–H and O–H groups in total. The molecule has 3 rings (SSSR count). The van der Waals surface area contributed by atoms with Gasteiger partial charge in [0.25, 0.3) is 5.69 Å². The van der Waals surface area contributed by atoms with E-state index in [0.29, 0.717) is 33.7 Å². The van der Waals surface area contributed by atoms with Gasteiger partial charge in [0.1, 0.15) is 6.61 Å². The van der Waals surface area contributed by atoms with Crippen molar-refractivity contribution in [1.29, 1.82) is 0 Å². The molecule has 5 nitrogen and oxygen atoms in total. The Balaban J connectivity index is 1.71. The number of nitro benzene ring substituents is 1. The highest BCUT2D eigenvalue weighted by atomic mass is 79.9. The monoisotopic (exact) mass is 478 g/mol. The van der Waals surface area contributed by atoms with Crippen LogP contribution in [0.5, 0.6) is 5.75 Å². The highest BCUT2D eigenvalue weighted by Crippen LogP contribution is 2.34. The zero-order valence-electron chi connectivity index (χ0n) is 14.3. The van der Waals surface area contributed by atoms with Crippen molar-refractivity contribution < 1.29 is 9.66 Å². The zero-order chi connectivity index (χ0) is 20.1. The van der Waals surface area contributed by atoms with Crippen molar-refractivity contribution in [1.82, 2.24) is 0 Å². The molecule has 0 heterocycles. The lowest BCUT2D eigenvalue weighted by molar-refractivity contribution is -0.384. The van der Waals surface area contributed by atoms with Gasteiger partial charge in [-0.2, -0.15) is 0 Å². The minimum atomic E-state index is -0.458. The number of aliphatic imine (C=N–C) groups is 1. The third kappa shape index (κ3) is 5.32. The largest absolute Gasteiger partial charge is 0.486 e. The molecule has 8 heteroatoms. The van der Waals surface area contributed by atoms with E-state index in [9.17, 15) is 10.1 Å². The first kappa shape index (κ1) is 20.3. The zero-order valence-corrected chi connectivity index (χ0v) is 17.4. The van der Waals surface area contributed by atoms with Crippen LogP contribution in [0.1, 0.15) is 11.1 Å². The van der Waals surface area contributed by atoms with E-state index in [-0.39, 0.29) is 5.69 Å². The summed E-state index contributed by atoms with van der Waals surface area (Å²) in [6, 6.07) is 17.0. The van der Waals surface area contributed by atoms with Gasteiger partial charge in [0.05, 0.1) is 20.7 Å². The summed E-state index contributed by atoms with van der Waals surface area (Å²) in [5, 5.41) is 11.4. The van der Waals surface area contributed by atoms with Gasteiger partial charge in [-0.05, 0) is 47.5 Å². The van der Waals surface area contributed by atoms with E-state index in [4.69, 9.17) is 27.9 Å². The normalized spacial score (nSPS) is 11.0. The van der Waals surface area contributed by atoms with Crippen LogP contribution in [0.4, 0.5) is 11.4 Å². The van der Waals surface area contributed by atoms with Crippen LogP contribution in [-0.4, -0.2) is 11.1 Å². The summed E-state index contributed by atoms with van der Waals surface area (Å²) in [4.78, 5) is 14.5. The van der Waals surface area contributed by atoms with Gasteiger partial charge in [0, 0.05) is 22.8 Å². The van der Waals surface area contributed by atoms with Crippen LogP contribution in [0.2, 0.25) is 10.0 Å². The summed E-state index contributed by atoms with van der Waals surface area (Å²) < 4.78 is 6.75. The first-order valence-corrected chi connectivity index (χ1v) is 9.62. The molecule has 0 saturated heterocycles. The van der Waals surface area contributed by atoms with E-state index in [1.54, 1.807) is 30.5 Å². The molecular formula is C20H13BrCl2N2O3. The van der Waals surface area contributed by atoms with E-state index in [2.05, 4.69) is 20.9 Å². The molecule has 0 fully saturated rings. The van der Waals surface area contributed by atoms with Crippen molar-refractivity contribution in [3.05, 3.63) is 96.4 Å². The molecule has 3 aromatic rings. The molecule has 0 spiro atoms. The van der Waals surface area contributed by atoms with Gasteiger partial charge in [-0.1, -0.05) is 51.3 Å². The van der Waals surface area contributed by atoms with Gasteiger partial charge in [0.15, 0.2) is 5.75 Å². The lowest BCUT2D eigenvalue weighted by Gasteiger charge is -2.11. The summed E-state index contributed by atoms with van der Waals surface area (Å²) in [5.74, 6) is 0.402. The summed E-state index contributed by atoms with van der Waals surface area (Å²) >= 11 is 16.0. The maximum Gasteiger partial charge on any atom is 0.269 e. The topological polar surface area (TPSA) is 64.7 Å². The summed E-state index contributed by atoms with van der Waals surface area (Å²) in [6.07, 6.45) is 1.58. The van der Waals surface area contributed by atoms with Gasteiger partial charge >= 0.3 is 0 Å². The van der Waals surface area contributed by atoms with Gasteiger partial charge in [-0.15, -0.1) is 0 Å². The van der Waals surface area contributed by atoms with Gasteiger partial charge in [-0.25, -0.2) is 0 Å². The Labute approximate surface area is 179 Å². The van der Waals surface area contributed by atoms with Crippen molar-refractivity contribution in [3.63, 3.8) is 0 Å². The van der Waals surface area contributed by atoms with Crippen molar-refractivity contribution >= 4 is 56.7 Å². The molecule has 0 bridgehead atoms. The van der Waals surface area contributed by atoms with Gasteiger partial charge in [-0.3, -0.25) is 15.1 Å². The van der Waals surface area contributed by atoms with Gasteiger partial charge < -0.3 is 4.74 Å². The first-order valence-electron chi connectivity index (χ1n) is 8.07. The third-order valence-electron chi connectivity index (χ3n) is 3.74. The van der Waals surface area contributed by atoms with Crippen molar-refractivity contribution in [2.75, 3.05) is 0 Å². The molecular weight excluding hydrogens is 467 g/mol. The molecule has 0 amide bonds. The standard InChI is InChI=1S/C20H13BrCl2N2O3/c21-15-3-1-13(2-4-15)12-28-20-18(22)9-14(10-19(20)23)11-24-16-5-7-17(8-6-16)25(26)27/h1-11H,12H2. The second-order valence-corrected chi connectivity index (χ2v) is 7.49. The van der Waals surface area contributed by atoms with E-state index >= 15 is 0 Å².